The first kappa shape index (κ1) is 29.3. The lowest BCUT2D eigenvalue weighted by Crippen LogP contribution is -2.51. The van der Waals surface area contributed by atoms with Crippen LogP contribution in [0.5, 0.6) is 5.75 Å². The summed E-state index contributed by atoms with van der Waals surface area (Å²) in [4.78, 5) is 22.9. The van der Waals surface area contributed by atoms with Crippen molar-refractivity contribution in [2.24, 2.45) is 0 Å². The molecule has 2 rings (SSSR count). The number of nitriles is 1. The minimum absolute atomic E-state index is 0.136. The first-order chi connectivity index (χ1) is 17.0. The van der Waals surface area contributed by atoms with Gasteiger partial charge in [-0.2, -0.15) is 22.5 Å². The molecule has 37 heavy (non-hydrogen) atoms. The SMILES string of the molecule is C[N+](C)(C)CC(=O)NC(Cc1ccc(C#CC#N)cc1)C(=O)Oc1c(F)c(F)c(S(=O)(=O)O)c(F)c1F. The number of carbonyl (C=O) groups is 2. The predicted molar refractivity (Wildman–Crippen MR) is 119 cm³/mol. The first-order valence-corrected chi connectivity index (χ1v) is 11.6. The van der Waals surface area contributed by atoms with E-state index in [0.717, 1.165) is 0 Å². The minimum Gasteiger partial charge on any atom is -0.418 e. The summed E-state index contributed by atoms with van der Waals surface area (Å²) in [6.07, 6.45) is -0.301. The standard InChI is InChI=1S/C23H19F4N3O6S/c1-30(2,3)12-16(31)29-15(11-14-8-6-13(7-9-14)5-4-10-28)23(32)36-21-17(24)19(26)22(37(33,34)35)20(27)18(21)25/h6-9,15H,11-12H2,1-3H3,(H-,29,31,33,34,35)/p+1. The molecule has 1 amide bonds. The summed E-state index contributed by atoms with van der Waals surface area (Å²) in [5.74, 6) is -9.19. The number of hydrogen-bond donors (Lipinski definition) is 2. The topological polar surface area (TPSA) is 134 Å². The normalized spacial score (nSPS) is 12.1. The number of nitrogens with one attached hydrogen (secondary N) is 1. The molecule has 9 nitrogen and oxygen atoms in total. The molecule has 0 aliphatic carbocycles. The van der Waals surface area contributed by atoms with E-state index in [0.29, 0.717) is 11.1 Å². The number of hydrogen-bond acceptors (Lipinski definition) is 6. The van der Waals surface area contributed by atoms with Crippen molar-refractivity contribution in [2.45, 2.75) is 17.4 Å². The van der Waals surface area contributed by atoms with Crippen molar-refractivity contribution in [3.8, 4) is 23.7 Å². The molecule has 0 aliphatic heterocycles. The smallest absolute Gasteiger partial charge is 0.334 e. The number of amides is 1. The molecule has 0 saturated heterocycles. The molecule has 0 saturated carbocycles. The van der Waals surface area contributed by atoms with Gasteiger partial charge in [-0.25, -0.2) is 13.6 Å². The van der Waals surface area contributed by atoms with Crippen molar-refractivity contribution in [1.82, 2.24) is 5.32 Å². The van der Waals surface area contributed by atoms with Gasteiger partial charge in [0.1, 0.15) is 6.04 Å². The van der Waals surface area contributed by atoms with Crippen molar-refractivity contribution >= 4 is 22.0 Å². The Hall–Kier alpha value is -3.98. The van der Waals surface area contributed by atoms with Gasteiger partial charge in [0.15, 0.2) is 29.1 Å². The number of quaternary nitrogens is 1. The Labute approximate surface area is 209 Å². The number of benzene rings is 2. The van der Waals surface area contributed by atoms with Crippen LogP contribution >= 0.6 is 0 Å². The van der Waals surface area contributed by atoms with Crippen LogP contribution in [0.2, 0.25) is 0 Å². The van der Waals surface area contributed by atoms with Gasteiger partial charge in [-0.05, 0) is 17.7 Å². The largest absolute Gasteiger partial charge is 0.418 e. The second-order valence-corrected chi connectivity index (χ2v) is 10.0. The van der Waals surface area contributed by atoms with Gasteiger partial charge in [0.05, 0.1) is 21.1 Å². The molecule has 1 unspecified atom stereocenters. The maximum atomic E-state index is 14.4. The van der Waals surface area contributed by atoms with Crippen LogP contribution in [-0.2, 0) is 26.1 Å². The van der Waals surface area contributed by atoms with E-state index in [9.17, 15) is 35.6 Å². The van der Waals surface area contributed by atoms with Gasteiger partial charge in [-0.15, -0.1) is 0 Å². The van der Waals surface area contributed by atoms with Crippen molar-refractivity contribution in [3.05, 3.63) is 58.7 Å². The number of rotatable bonds is 8. The molecule has 0 fully saturated rings. The average molecular weight is 542 g/mol. The number of halogens is 4. The highest BCUT2D eigenvalue weighted by Gasteiger charge is 2.35. The molecule has 0 aliphatic rings. The van der Waals surface area contributed by atoms with Gasteiger partial charge in [-0.1, -0.05) is 18.1 Å². The Kier molecular flexibility index (Phi) is 9.00. The molecule has 2 N–H and O–H groups in total. The van der Waals surface area contributed by atoms with Gasteiger partial charge >= 0.3 is 16.1 Å². The molecule has 1 atom stereocenters. The first-order valence-electron chi connectivity index (χ1n) is 10.2. The van der Waals surface area contributed by atoms with E-state index in [1.807, 2.05) is 0 Å². The van der Waals surface area contributed by atoms with Crippen molar-refractivity contribution in [3.63, 3.8) is 0 Å². The van der Waals surface area contributed by atoms with Crippen LogP contribution in [0.1, 0.15) is 11.1 Å². The molecule has 0 spiro atoms. The molecule has 196 valence electrons. The third kappa shape index (κ3) is 7.75. The minimum atomic E-state index is -5.71. The second-order valence-electron chi connectivity index (χ2n) is 8.64. The molecule has 0 aromatic heterocycles. The summed E-state index contributed by atoms with van der Waals surface area (Å²) in [6, 6.07) is 5.98. The highest BCUT2D eigenvalue weighted by atomic mass is 32.2. The van der Waals surface area contributed by atoms with Crippen LogP contribution < -0.4 is 10.1 Å². The maximum Gasteiger partial charge on any atom is 0.334 e. The van der Waals surface area contributed by atoms with E-state index in [4.69, 9.17) is 9.81 Å². The summed E-state index contributed by atoms with van der Waals surface area (Å²) in [5, 5.41) is 10.8. The van der Waals surface area contributed by atoms with E-state index in [1.165, 1.54) is 24.3 Å². The van der Waals surface area contributed by atoms with Crippen LogP contribution in [0.4, 0.5) is 17.6 Å². The van der Waals surface area contributed by atoms with Crippen LogP contribution in [0, 0.1) is 46.4 Å². The number of esters is 1. The van der Waals surface area contributed by atoms with E-state index in [-0.39, 0.29) is 17.4 Å². The van der Waals surface area contributed by atoms with E-state index in [2.05, 4.69) is 21.9 Å². The van der Waals surface area contributed by atoms with Gasteiger partial charge in [0.25, 0.3) is 5.91 Å². The van der Waals surface area contributed by atoms with Crippen LogP contribution in [0.3, 0.4) is 0 Å². The second kappa shape index (κ2) is 11.4. The zero-order chi connectivity index (χ0) is 28.1. The molecule has 2 aromatic rings. The Morgan fingerprint density at radius 3 is 2.05 bits per heavy atom. The molecule has 14 heteroatoms. The van der Waals surface area contributed by atoms with Gasteiger partial charge in [-0.3, -0.25) is 9.35 Å². The van der Waals surface area contributed by atoms with E-state index < -0.39 is 62.0 Å². The van der Waals surface area contributed by atoms with Gasteiger partial charge < -0.3 is 14.5 Å². The fourth-order valence-electron chi connectivity index (χ4n) is 3.00. The Balaban J connectivity index is 2.44. The van der Waals surface area contributed by atoms with E-state index >= 15 is 0 Å². The quantitative estimate of drug-likeness (QED) is 0.0987. The summed E-state index contributed by atoms with van der Waals surface area (Å²) in [7, 11) is -0.708. The van der Waals surface area contributed by atoms with E-state index in [1.54, 1.807) is 27.2 Å². The van der Waals surface area contributed by atoms with Crippen molar-refractivity contribution in [2.75, 3.05) is 27.7 Å². The molecular weight excluding hydrogens is 522 g/mol. The molecule has 0 radical (unpaired) electrons. The third-order valence-corrected chi connectivity index (χ3v) is 5.41. The average Bonchev–Trinajstić information content (AvgIpc) is 2.77. The lowest BCUT2D eigenvalue weighted by molar-refractivity contribution is -0.862. The highest BCUT2D eigenvalue weighted by Crippen LogP contribution is 2.32. The number of nitrogens with zero attached hydrogens (tertiary/aromatic N) is 2. The van der Waals surface area contributed by atoms with Crippen molar-refractivity contribution < 1.29 is 49.3 Å². The zero-order valence-electron chi connectivity index (χ0n) is 19.6. The van der Waals surface area contributed by atoms with Gasteiger partial charge in [0.2, 0.25) is 17.4 Å². The fraction of sp³-hybridized carbons (Fsp3) is 0.261. The monoisotopic (exact) mass is 542 g/mol. The lowest BCUT2D eigenvalue weighted by Gasteiger charge is -2.25. The molecule has 2 aromatic carbocycles. The van der Waals surface area contributed by atoms with Crippen LogP contribution in [0.25, 0.3) is 0 Å². The van der Waals surface area contributed by atoms with Crippen LogP contribution in [-0.4, -0.2) is 63.1 Å². The Morgan fingerprint density at radius 2 is 1.59 bits per heavy atom. The Morgan fingerprint density at radius 1 is 1.05 bits per heavy atom. The van der Waals surface area contributed by atoms with Crippen molar-refractivity contribution in [1.29, 1.82) is 5.26 Å². The fourth-order valence-corrected chi connectivity index (χ4v) is 3.64. The van der Waals surface area contributed by atoms with Gasteiger partial charge in [0, 0.05) is 17.9 Å². The molecule has 0 bridgehead atoms. The summed E-state index contributed by atoms with van der Waals surface area (Å²) < 4.78 is 92.6. The predicted octanol–water partition coefficient (Wildman–Crippen LogP) is 1.70. The molecular formula is C23H20F4N3O6S+. The zero-order valence-corrected chi connectivity index (χ0v) is 20.4. The summed E-state index contributed by atoms with van der Waals surface area (Å²) in [6.45, 7) is -0.137. The number of carbonyl (C=O) groups excluding carboxylic acids is 2. The number of likely N-dealkylation sites (N-methyl/N-ethyl adjacent to an activating group) is 1. The van der Waals surface area contributed by atoms with Crippen LogP contribution in [0.15, 0.2) is 29.2 Å². The molecule has 0 heterocycles. The lowest BCUT2D eigenvalue weighted by atomic mass is 10.0. The third-order valence-electron chi connectivity index (χ3n) is 4.54. The number of ether oxygens (including phenoxy) is 1. The summed E-state index contributed by atoms with van der Waals surface area (Å²) >= 11 is 0. The Bertz CT molecular complexity index is 1410. The maximum absolute atomic E-state index is 14.4. The summed E-state index contributed by atoms with van der Waals surface area (Å²) in [5.41, 5.74) is 0.850. The highest BCUT2D eigenvalue weighted by molar-refractivity contribution is 7.85.